The molecular weight excluding hydrogens is 444 g/mol. The van der Waals surface area contributed by atoms with Crippen LogP contribution < -0.4 is 16.4 Å². The van der Waals surface area contributed by atoms with Crippen molar-refractivity contribution in [2.75, 3.05) is 10.6 Å². The maximum absolute atomic E-state index is 14.4. The molecule has 2 aromatic heterocycles. The van der Waals surface area contributed by atoms with Crippen LogP contribution in [0, 0.1) is 17.6 Å². The fraction of sp³-hybridized carbons (Fsp3) is 0.478. The number of carbonyl (C=O) groups is 1. The molecule has 0 spiro atoms. The van der Waals surface area contributed by atoms with Crippen LogP contribution in [0.15, 0.2) is 24.4 Å². The summed E-state index contributed by atoms with van der Waals surface area (Å²) in [7, 11) is 0. The zero-order valence-corrected chi connectivity index (χ0v) is 18.5. The Bertz CT molecular complexity index is 1190. The summed E-state index contributed by atoms with van der Waals surface area (Å²) in [6, 6.07) is 3.63. The van der Waals surface area contributed by atoms with Gasteiger partial charge in [-0.15, -0.1) is 0 Å². The summed E-state index contributed by atoms with van der Waals surface area (Å²) in [6.07, 6.45) is 5.93. The number of imidazole rings is 1. The molecule has 2 aliphatic rings. The van der Waals surface area contributed by atoms with Gasteiger partial charge in [0.1, 0.15) is 22.8 Å². The first-order valence-electron chi connectivity index (χ1n) is 11.6. The third-order valence-electron chi connectivity index (χ3n) is 6.83. The number of nitrogens with zero attached hydrogens (tertiary/aromatic N) is 4. The number of halogens is 2. The lowest BCUT2D eigenvalue weighted by Gasteiger charge is -2.29. The summed E-state index contributed by atoms with van der Waals surface area (Å²) >= 11 is 0. The predicted molar refractivity (Wildman–Crippen MR) is 122 cm³/mol. The molecule has 0 saturated heterocycles. The van der Waals surface area contributed by atoms with Crippen molar-refractivity contribution in [3.8, 4) is 0 Å². The lowest BCUT2D eigenvalue weighted by Crippen LogP contribution is -2.29. The van der Waals surface area contributed by atoms with Crippen LogP contribution in [0.4, 0.5) is 26.4 Å². The Labute approximate surface area is 194 Å². The number of hydrogen-bond acceptors (Lipinski definition) is 7. The van der Waals surface area contributed by atoms with Gasteiger partial charge in [-0.2, -0.15) is 4.98 Å². The molecule has 2 saturated carbocycles. The first kappa shape index (κ1) is 22.5. The quantitative estimate of drug-likeness (QED) is 0.433. The van der Waals surface area contributed by atoms with Crippen molar-refractivity contribution >= 4 is 34.7 Å². The van der Waals surface area contributed by atoms with Gasteiger partial charge < -0.3 is 21.5 Å². The monoisotopic (exact) mass is 471 g/mol. The van der Waals surface area contributed by atoms with Crippen LogP contribution in [0.25, 0.3) is 11.2 Å². The minimum absolute atomic E-state index is 0.0694. The second kappa shape index (κ2) is 9.13. The molecule has 180 valence electrons. The first-order chi connectivity index (χ1) is 16.4. The maximum atomic E-state index is 14.4. The SMILES string of the molecule is NC(=O)C1CCC(n2c(Nc3c(F)cccc3F)nc3cnc(N[C@H]4CC[C@H](O)C4)nc32)CC1. The number of aliphatic hydroxyl groups excluding tert-OH is 1. The van der Waals surface area contributed by atoms with Crippen molar-refractivity contribution in [2.24, 2.45) is 11.7 Å². The van der Waals surface area contributed by atoms with E-state index in [1.54, 1.807) is 6.20 Å². The molecule has 34 heavy (non-hydrogen) atoms. The number of aromatic nitrogens is 4. The molecule has 2 fully saturated rings. The van der Waals surface area contributed by atoms with Gasteiger partial charge in [0.25, 0.3) is 0 Å². The average molecular weight is 472 g/mol. The molecule has 1 aromatic carbocycles. The number of hydrogen-bond donors (Lipinski definition) is 4. The molecule has 0 bridgehead atoms. The second-order valence-electron chi connectivity index (χ2n) is 9.15. The number of anilines is 3. The van der Waals surface area contributed by atoms with E-state index in [0.29, 0.717) is 49.2 Å². The van der Waals surface area contributed by atoms with E-state index in [1.807, 2.05) is 4.57 Å². The molecule has 11 heteroatoms. The Morgan fingerprint density at radius 1 is 1.09 bits per heavy atom. The minimum atomic E-state index is -0.732. The summed E-state index contributed by atoms with van der Waals surface area (Å²) in [5.74, 6) is -1.31. The highest BCUT2D eigenvalue weighted by Crippen LogP contribution is 2.37. The van der Waals surface area contributed by atoms with E-state index in [-0.39, 0.29) is 41.6 Å². The second-order valence-corrected chi connectivity index (χ2v) is 9.15. The van der Waals surface area contributed by atoms with E-state index in [9.17, 15) is 18.7 Å². The van der Waals surface area contributed by atoms with E-state index in [4.69, 9.17) is 5.73 Å². The zero-order valence-electron chi connectivity index (χ0n) is 18.5. The van der Waals surface area contributed by atoms with Gasteiger partial charge in [0, 0.05) is 18.0 Å². The third kappa shape index (κ3) is 4.39. The number of aliphatic hydroxyl groups is 1. The van der Waals surface area contributed by atoms with E-state index in [2.05, 4.69) is 25.6 Å². The summed E-state index contributed by atoms with van der Waals surface area (Å²) in [5.41, 5.74) is 6.20. The third-order valence-corrected chi connectivity index (χ3v) is 6.83. The van der Waals surface area contributed by atoms with E-state index in [1.165, 1.54) is 18.2 Å². The summed E-state index contributed by atoms with van der Waals surface area (Å²) in [6.45, 7) is 0. The molecule has 5 rings (SSSR count). The van der Waals surface area contributed by atoms with Crippen LogP contribution in [0.5, 0.6) is 0 Å². The lowest BCUT2D eigenvalue weighted by atomic mass is 9.85. The first-order valence-corrected chi connectivity index (χ1v) is 11.6. The highest BCUT2D eigenvalue weighted by Gasteiger charge is 2.30. The number of carbonyl (C=O) groups excluding carboxylic acids is 1. The Morgan fingerprint density at radius 3 is 2.47 bits per heavy atom. The summed E-state index contributed by atoms with van der Waals surface area (Å²) in [4.78, 5) is 25.2. The molecular formula is C23H27F2N7O2. The summed E-state index contributed by atoms with van der Waals surface area (Å²) < 4.78 is 30.6. The number of amides is 1. The van der Waals surface area contributed by atoms with Gasteiger partial charge in [-0.1, -0.05) is 6.07 Å². The Hall–Kier alpha value is -3.34. The topological polar surface area (TPSA) is 131 Å². The average Bonchev–Trinajstić information content (AvgIpc) is 3.38. The van der Waals surface area contributed by atoms with Crippen LogP contribution in [0.1, 0.15) is 51.0 Å². The van der Waals surface area contributed by atoms with E-state index < -0.39 is 11.6 Å². The van der Waals surface area contributed by atoms with Gasteiger partial charge in [0.15, 0.2) is 5.65 Å². The lowest BCUT2D eigenvalue weighted by molar-refractivity contribution is -0.122. The van der Waals surface area contributed by atoms with Gasteiger partial charge in [0.05, 0.1) is 12.3 Å². The highest BCUT2D eigenvalue weighted by atomic mass is 19.1. The molecule has 9 nitrogen and oxygen atoms in total. The van der Waals surface area contributed by atoms with E-state index in [0.717, 1.165) is 12.8 Å². The largest absolute Gasteiger partial charge is 0.393 e. The van der Waals surface area contributed by atoms with Crippen LogP contribution in [0.2, 0.25) is 0 Å². The molecule has 2 heterocycles. The van der Waals surface area contributed by atoms with Gasteiger partial charge in [0.2, 0.25) is 17.8 Å². The molecule has 0 radical (unpaired) electrons. The van der Waals surface area contributed by atoms with Gasteiger partial charge in [-0.25, -0.2) is 18.7 Å². The van der Waals surface area contributed by atoms with Gasteiger partial charge >= 0.3 is 0 Å². The predicted octanol–water partition coefficient (Wildman–Crippen LogP) is 3.39. The number of para-hydroxylation sites is 1. The smallest absolute Gasteiger partial charge is 0.224 e. The van der Waals surface area contributed by atoms with Crippen molar-refractivity contribution in [3.63, 3.8) is 0 Å². The van der Waals surface area contributed by atoms with Crippen molar-refractivity contribution < 1.29 is 18.7 Å². The van der Waals surface area contributed by atoms with Crippen molar-refractivity contribution in [1.29, 1.82) is 0 Å². The molecule has 2 aliphatic carbocycles. The highest BCUT2D eigenvalue weighted by molar-refractivity contribution is 5.78. The van der Waals surface area contributed by atoms with Crippen molar-refractivity contribution in [3.05, 3.63) is 36.0 Å². The number of nitrogens with two attached hydrogens (primary N) is 1. The van der Waals surface area contributed by atoms with Crippen LogP contribution in [-0.2, 0) is 4.79 Å². The molecule has 0 aliphatic heterocycles. The Balaban J connectivity index is 1.52. The van der Waals surface area contributed by atoms with Gasteiger partial charge in [-0.05, 0) is 57.1 Å². The molecule has 5 N–H and O–H groups in total. The summed E-state index contributed by atoms with van der Waals surface area (Å²) in [5, 5.41) is 15.9. The zero-order chi connectivity index (χ0) is 23.8. The Morgan fingerprint density at radius 2 is 1.82 bits per heavy atom. The van der Waals surface area contributed by atoms with Crippen LogP contribution >= 0.6 is 0 Å². The normalized spacial score (nSPS) is 24.9. The number of benzene rings is 1. The fourth-order valence-corrected chi connectivity index (χ4v) is 5.01. The number of rotatable bonds is 6. The fourth-order valence-electron chi connectivity index (χ4n) is 5.01. The minimum Gasteiger partial charge on any atom is -0.393 e. The van der Waals surface area contributed by atoms with E-state index >= 15 is 0 Å². The maximum Gasteiger partial charge on any atom is 0.224 e. The standard InChI is InChI=1S/C23H27F2N7O2/c24-16-2-1-3-17(25)19(16)30-23-29-18-11-27-22(28-13-6-9-15(33)10-13)31-21(18)32(23)14-7-4-12(5-8-14)20(26)34/h1-3,11-15,33H,4-10H2,(H2,26,34)(H,29,30)(H,27,28,31)/t12?,13-,14?,15-/m0/s1. The molecule has 2 atom stereocenters. The number of fused-ring (bicyclic) bond motifs is 1. The molecule has 1 amide bonds. The molecule has 3 aromatic rings. The Kier molecular flexibility index (Phi) is 6.03. The number of nitrogens with one attached hydrogen (secondary N) is 2. The van der Waals surface area contributed by atoms with Gasteiger partial charge in [-0.3, -0.25) is 9.36 Å². The molecule has 0 unspecified atom stereocenters. The van der Waals surface area contributed by atoms with Crippen LogP contribution in [-0.4, -0.2) is 42.7 Å². The van der Waals surface area contributed by atoms with Crippen LogP contribution in [0.3, 0.4) is 0 Å². The van der Waals surface area contributed by atoms with Crippen molar-refractivity contribution in [1.82, 2.24) is 19.5 Å². The number of primary amides is 1. The van der Waals surface area contributed by atoms with Crippen molar-refractivity contribution in [2.45, 2.75) is 63.1 Å².